The van der Waals surface area contributed by atoms with Gasteiger partial charge in [0.2, 0.25) is 5.75 Å². The number of carbonyl (C=O) groups excluding carboxylic acids is 1. The van der Waals surface area contributed by atoms with Crippen molar-refractivity contribution in [3.63, 3.8) is 0 Å². The number of aromatic amines is 1. The molecule has 0 saturated heterocycles. The first-order chi connectivity index (χ1) is 13.3. The first kappa shape index (κ1) is 19.3. The number of ketones is 1. The molecule has 2 aromatic heterocycles. The lowest BCUT2D eigenvalue weighted by Gasteiger charge is -2.08. The summed E-state index contributed by atoms with van der Waals surface area (Å²) < 4.78 is 37.8. The summed E-state index contributed by atoms with van der Waals surface area (Å²) >= 11 is 0. The van der Waals surface area contributed by atoms with Gasteiger partial charge in [-0.15, -0.1) is 0 Å². The lowest BCUT2D eigenvalue weighted by molar-refractivity contribution is -0.137. The van der Waals surface area contributed by atoms with Gasteiger partial charge in [-0.3, -0.25) is 14.6 Å². The van der Waals surface area contributed by atoms with Crippen LogP contribution in [-0.4, -0.2) is 25.8 Å². The van der Waals surface area contributed by atoms with Crippen LogP contribution in [0.25, 0.3) is 11.5 Å². The van der Waals surface area contributed by atoms with Gasteiger partial charge in [-0.1, -0.05) is 18.2 Å². The van der Waals surface area contributed by atoms with E-state index in [0.717, 1.165) is 12.1 Å². The van der Waals surface area contributed by atoms with E-state index in [1.54, 1.807) is 18.2 Å². The lowest BCUT2D eigenvalue weighted by atomic mass is 10.0. The van der Waals surface area contributed by atoms with Gasteiger partial charge < -0.3 is 10.1 Å². The van der Waals surface area contributed by atoms with E-state index in [-0.39, 0.29) is 18.7 Å². The summed E-state index contributed by atoms with van der Waals surface area (Å²) in [6.45, 7) is 0. The third-order valence-corrected chi connectivity index (χ3v) is 3.99. The number of aromatic hydroxyl groups is 1. The molecule has 144 valence electrons. The van der Waals surface area contributed by atoms with Gasteiger partial charge in [0.25, 0.3) is 5.56 Å². The molecule has 0 amide bonds. The van der Waals surface area contributed by atoms with Crippen molar-refractivity contribution in [2.24, 2.45) is 0 Å². The molecule has 0 radical (unpaired) electrons. The Bertz CT molecular complexity index is 1050. The molecule has 0 aliphatic heterocycles. The minimum Gasteiger partial charge on any atom is -0.501 e. The average Bonchev–Trinajstić information content (AvgIpc) is 2.68. The number of H-pyrrole nitrogens is 1. The molecule has 0 saturated carbocycles. The number of alkyl halides is 3. The zero-order valence-electron chi connectivity index (χ0n) is 14.3. The maximum absolute atomic E-state index is 12.6. The monoisotopic (exact) mass is 389 g/mol. The van der Waals surface area contributed by atoms with Gasteiger partial charge in [-0.2, -0.15) is 13.2 Å². The van der Waals surface area contributed by atoms with Gasteiger partial charge in [0, 0.05) is 12.6 Å². The number of nitrogens with one attached hydrogen (secondary N) is 1. The van der Waals surface area contributed by atoms with E-state index in [4.69, 9.17) is 0 Å². The molecule has 0 spiro atoms. The van der Waals surface area contributed by atoms with E-state index in [1.165, 1.54) is 18.3 Å². The molecule has 0 aliphatic carbocycles. The number of benzene rings is 1. The van der Waals surface area contributed by atoms with Crippen LogP contribution in [0, 0.1) is 0 Å². The number of hydrogen-bond acceptors (Lipinski definition) is 5. The normalized spacial score (nSPS) is 11.4. The van der Waals surface area contributed by atoms with Gasteiger partial charge in [-0.25, -0.2) is 4.98 Å². The van der Waals surface area contributed by atoms with E-state index < -0.39 is 34.5 Å². The second kappa shape index (κ2) is 7.63. The third kappa shape index (κ3) is 4.25. The number of aryl methyl sites for hydroxylation is 1. The Labute approximate surface area is 156 Å². The van der Waals surface area contributed by atoms with Crippen molar-refractivity contribution in [1.29, 1.82) is 0 Å². The van der Waals surface area contributed by atoms with E-state index >= 15 is 0 Å². The van der Waals surface area contributed by atoms with E-state index in [0.29, 0.717) is 11.3 Å². The topological polar surface area (TPSA) is 95.9 Å². The number of rotatable bonds is 5. The van der Waals surface area contributed by atoms with Crippen molar-refractivity contribution in [3.05, 3.63) is 75.8 Å². The smallest absolute Gasteiger partial charge is 0.416 e. The predicted molar refractivity (Wildman–Crippen MR) is 93.8 cm³/mol. The zero-order valence-corrected chi connectivity index (χ0v) is 14.3. The molecule has 9 heteroatoms. The van der Waals surface area contributed by atoms with E-state index in [9.17, 15) is 27.9 Å². The number of hydrogen-bond donors (Lipinski definition) is 2. The van der Waals surface area contributed by atoms with Crippen molar-refractivity contribution < 1.29 is 23.1 Å². The van der Waals surface area contributed by atoms with Crippen molar-refractivity contribution in [2.75, 3.05) is 0 Å². The Morgan fingerprint density at radius 3 is 2.43 bits per heavy atom. The molecule has 0 unspecified atom stereocenters. The second-order valence-corrected chi connectivity index (χ2v) is 5.94. The molecule has 3 aromatic rings. The van der Waals surface area contributed by atoms with Crippen LogP contribution in [0.4, 0.5) is 13.2 Å². The van der Waals surface area contributed by atoms with Crippen LogP contribution >= 0.6 is 0 Å². The fourth-order valence-corrected chi connectivity index (χ4v) is 2.52. The van der Waals surface area contributed by atoms with Gasteiger partial charge in [0.1, 0.15) is 5.69 Å². The average molecular weight is 389 g/mol. The highest BCUT2D eigenvalue weighted by atomic mass is 19.4. The maximum atomic E-state index is 12.6. The molecular formula is C19H14F3N3O3. The number of carbonyl (C=O) groups is 1. The summed E-state index contributed by atoms with van der Waals surface area (Å²) in [5.41, 5.74) is -1.24. The second-order valence-electron chi connectivity index (χ2n) is 5.94. The summed E-state index contributed by atoms with van der Waals surface area (Å²) in [6.07, 6.45) is -2.97. The highest BCUT2D eigenvalue weighted by molar-refractivity contribution is 5.97. The molecule has 6 nitrogen and oxygen atoms in total. The molecule has 1 aromatic carbocycles. The number of pyridine rings is 1. The van der Waals surface area contributed by atoms with E-state index in [1.807, 2.05) is 0 Å². The van der Waals surface area contributed by atoms with Crippen LogP contribution in [0.5, 0.6) is 5.75 Å². The number of Topliss-reactive ketones (excluding diaryl/α,β-unsaturated/α-hetero) is 1. The largest absolute Gasteiger partial charge is 0.501 e. The first-order valence-corrected chi connectivity index (χ1v) is 8.19. The first-order valence-electron chi connectivity index (χ1n) is 8.19. The van der Waals surface area contributed by atoms with Gasteiger partial charge in [0.15, 0.2) is 17.3 Å². The SMILES string of the molecule is O=C(CCc1ccc(C(F)(F)F)cc1)c1nc(-c2ccccn2)[nH]c(=O)c1O. The highest BCUT2D eigenvalue weighted by Crippen LogP contribution is 2.29. The summed E-state index contributed by atoms with van der Waals surface area (Å²) in [7, 11) is 0. The van der Waals surface area contributed by atoms with Crippen molar-refractivity contribution in [2.45, 2.75) is 19.0 Å². The molecule has 2 heterocycles. The maximum Gasteiger partial charge on any atom is 0.416 e. The summed E-state index contributed by atoms with van der Waals surface area (Å²) in [4.78, 5) is 34.7. The highest BCUT2D eigenvalue weighted by Gasteiger charge is 2.30. The minimum absolute atomic E-state index is 0.0290. The van der Waals surface area contributed by atoms with Gasteiger partial charge in [0.05, 0.1) is 5.56 Å². The molecule has 28 heavy (non-hydrogen) atoms. The van der Waals surface area contributed by atoms with Crippen LogP contribution in [-0.2, 0) is 12.6 Å². The van der Waals surface area contributed by atoms with Gasteiger partial charge >= 0.3 is 6.18 Å². The lowest BCUT2D eigenvalue weighted by Crippen LogP contribution is -2.16. The molecule has 2 N–H and O–H groups in total. The number of aromatic nitrogens is 3. The Balaban J connectivity index is 1.79. The minimum atomic E-state index is -4.43. The number of nitrogens with zero attached hydrogens (tertiary/aromatic N) is 2. The third-order valence-electron chi connectivity index (χ3n) is 3.99. The molecule has 0 aliphatic rings. The van der Waals surface area contributed by atoms with E-state index in [2.05, 4.69) is 15.0 Å². The quantitative estimate of drug-likeness (QED) is 0.653. The van der Waals surface area contributed by atoms with Crippen LogP contribution in [0.1, 0.15) is 28.0 Å². The van der Waals surface area contributed by atoms with Gasteiger partial charge in [-0.05, 0) is 36.2 Å². The zero-order chi connectivity index (χ0) is 20.3. The fourth-order valence-electron chi connectivity index (χ4n) is 2.52. The Hall–Kier alpha value is -3.49. The van der Waals surface area contributed by atoms with Crippen LogP contribution < -0.4 is 5.56 Å². The summed E-state index contributed by atoms with van der Waals surface area (Å²) in [5, 5.41) is 9.89. The van der Waals surface area contributed by atoms with Crippen molar-refractivity contribution in [3.8, 4) is 17.3 Å². The van der Waals surface area contributed by atoms with Crippen molar-refractivity contribution >= 4 is 5.78 Å². The summed E-state index contributed by atoms with van der Waals surface area (Å²) in [6, 6.07) is 9.33. The predicted octanol–water partition coefficient (Wildman–Crippen LogP) is 3.37. The molecule has 3 rings (SSSR count). The Morgan fingerprint density at radius 1 is 1.11 bits per heavy atom. The molecule has 0 atom stereocenters. The fraction of sp³-hybridized carbons (Fsp3) is 0.158. The number of halogens is 3. The van der Waals surface area contributed by atoms with Crippen LogP contribution in [0.2, 0.25) is 0 Å². The van der Waals surface area contributed by atoms with Crippen LogP contribution in [0.3, 0.4) is 0 Å². The van der Waals surface area contributed by atoms with Crippen molar-refractivity contribution in [1.82, 2.24) is 15.0 Å². The standard InChI is InChI=1S/C19H14F3N3O3/c20-19(21,22)12-7-4-11(5-8-12)6-9-14(26)15-16(27)18(28)25-17(24-15)13-3-1-2-10-23-13/h1-5,7-8,10,27H,6,9H2,(H,24,25,28). The molecule has 0 fully saturated rings. The summed E-state index contributed by atoms with van der Waals surface area (Å²) in [5.74, 6) is -1.39. The molecule has 0 bridgehead atoms. The Morgan fingerprint density at radius 2 is 1.82 bits per heavy atom. The Kier molecular flexibility index (Phi) is 5.25. The molecular weight excluding hydrogens is 375 g/mol. The van der Waals surface area contributed by atoms with Crippen LogP contribution in [0.15, 0.2) is 53.5 Å².